The van der Waals surface area contributed by atoms with Gasteiger partial charge in [0.15, 0.2) is 0 Å². The first-order valence-electron chi connectivity index (χ1n) is 25.6. The minimum atomic E-state index is -0.446. The smallest absolute Gasteiger partial charge is 1.00 e. The second-order valence-electron chi connectivity index (χ2n) is 17.4. The Kier molecular flexibility index (Phi) is 27.3. The minimum absolute atomic E-state index is 0. The summed E-state index contributed by atoms with van der Waals surface area (Å²) in [6, 6.07) is 129. The van der Waals surface area contributed by atoms with Crippen molar-refractivity contribution in [3.63, 3.8) is 0 Å². The van der Waals surface area contributed by atoms with Gasteiger partial charge in [-0.3, -0.25) is 0 Å². The van der Waals surface area contributed by atoms with Gasteiger partial charge in [-0.15, -0.1) is 0 Å². The average molecular weight is 1270 g/mol. The van der Waals surface area contributed by atoms with Gasteiger partial charge < -0.3 is 34.0 Å². The van der Waals surface area contributed by atoms with E-state index in [0.717, 1.165) is 0 Å². The van der Waals surface area contributed by atoms with Gasteiger partial charge >= 0.3 is 16.5 Å². The van der Waals surface area contributed by atoms with Crippen molar-refractivity contribution >= 4 is 95.3 Å². The van der Waals surface area contributed by atoms with Crippen molar-refractivity contribution < 1.29 is 50.5 Å². The van der Waals surface area contributed by atoms with Crippen LogP contribution in [0.4, 0.5) is 0 Å². The van der Waals surface area contributed by atoms with E-state index in [4.69, 9.17) is 0 Å². The van der Waals surface area contributed by atoms with Gasteiger partial charge in [-0.25, -0.2) is 0 Å². The van der Waals surface area contributed by atoms with Crippen LogP contribution in [0.25, 0.3) is 0 Å². The monoisotopic (exact) mass is 1260 g/mol. The molecule has 0 aliphatic heterocycles. The molecule has 12 aromatic carbocycles. The standard InChI is InChI=1S/4C18H15P.2BrH.Ni/c4*1-4-10-16(11-5-1)19(17-12-6-2-7-13-17)18-14-8-3-9-15-18;;;/h4*1-15H;2*1H;/q;;;;;;+2/p-2. The molecule has 12 rings (SSSR count). The van der Waals surface area contributed by atoms with Crippen molar-refractivity contribution in [2.75, 3.05) is 0 Å². The van der Waals surface area contributed by atoms with Crippen LogP contribution in [-0.4, -0.2) is 0 Å². The van der Waals surface area contributed by atoms with Gasteiger partial charge in [0, 0.05) is 0 Å². The Labute approximate surface area is 505 Å². The Balaban J connectivity index is 0.000000168. The summed E-state index contributed by atoms with van der Waals surface area (Å²) >= 11 is 0. The van der Waals surface area contributed by atoms with Crippen LogP contribution in [0.15, 0.2) is 364 Å². The average Bonchev–Trinajstić information content (AvgIpc) is 3.51. The van der Waals surface area contributed by atoms with E-state index in [-0.39, 0.29) is 50.5 Å². The quantitative estimate of drug-likeness (QED) is 0.0868. The van der Waals surface area contributed by atoms with Gasteiger partial charge in [0.25, 0.3) is 0 Å². The Morgan fingerprint density at radius 2 is 0.177 bits per heavy atom. The summed E-state index contributed by atoms with van der Waals surface area (Å²) in [7, 11) is -1.78. The molecule has 0 saturated carbocycles. The van der Waals surface area contributed by atoms with Crippen LogP contribution in [0.2, 0.25) is 0 Å². The normalized spacial score (nSPS) is 10.2. The van der Waals surface area contributed by atoms with Crippen molar-refractivity contribution in [2.24, 2.45) is 0 Å². The largest absolute Gasteiger partial charge is 2.00 e. The number of hydrogen-bond donors (Lipinski definition) is 0. The molecular formula is C72H60Br2NiP4. The minimum Gasteiger partial charge on any atom is -1.00 e. The zero-order valence-corrected chi connectivity index (χ0v) is 51.2. The molecule has 0 aliphatic carbocycles. The van der Waals surface area contributed by atoms with Gasteiger partial charge in [0.2, 0.25) is 0 Å². The molecule has 0 heterocycles. The van der Waals surface area contributed by atoms with E-state index in [0.29, 0.717) is 0 Å². The van der Waals surface area contributed by atoms with E-state index in [2.05, 4.69) is 364 Å². The molecule has 0 saturated heterocycles. The topological polar surface area (TPSA) is 0 Å². The van der Waals surface area contributed by atoms with E-state index in [1.54, 1.807) is 0 Å². The molecule has 0 unspecified atom stereocenters. The number of rotatable bonds is 12. The maximum Gasteiger partial charge on any atom is 2.00 e. The predicted molar refractivity (Wildman–Crippen MR) is 341 cm³/mol. The molecule has 0 fully saturated rings. The molecule has 0 atom stereocenters. The second-order valence-corrected chi connectivity index (χ2v) is 26.2. The van der Waals surface area contributed by atoms with Crippen LogP contribution in [0.5, 0.6) is 0 Å². The fourth-order valence-corrected chi connectivity index (χ4v) is 17.9. The first kappa shape index (κ1) is 62.0. The molecule has 0 radical (unpaired) electrons. The fourth-order valence-electron chi connectivity index (χ4n) is 8.71. The molecule has 0 bridgehead atoms. The second kappa shape index (κ2) is 34.7. The van der Waals surface area contributed by atoms with E-state index < -0.39 is 31.7 Å². The molecule has 0 amide bonds. The Bertz CT molecular complexity index is 2590. The molecule has 0 N–H and O–H groups in total. The van der Waals surface area contributed by atoms with Gasteiger partial charge in [-0.05, 0) is 95.3 Å². The maximum atomic E-state index is 2.23. The van der Waals surface area contributed by atoms with Crippen LogP contribution in [0.3, 0.4) is 0 Å². The number of halogens is 2. The van der Waals surface area contributed by atoms with E-state index in [9.17, 15) is 0 Å². The molecule has 12 aromatic rings. The van der Waals surface area contributed by atoms with E-state index in [1.807, 2.05) is 0 Å². The van der Waals surface area contributed by atoms with E-state index >= 15 is 0 Å². The van der Waals surface area contributed by atoms with Gasteiger partial charge in [-0.2, -0.15) is 0 Å². The number of hydrogen-bond acceptors (Lipinski definition) is 0. The van der Waals surface area contributed by atoms with Crippen molar-refractivity contribution in [2.45, 2.75) is 0 Å². The Morgan fingerprint density at radius 1 is 0.114 bits per heavy atom. The van der Waals surface area contributed by atoms with Crippen molar-refractivity contribution in [3.05, 3.63) is 364 Å². The molecule has 0 spiro atoms. The van der Waals surface area contributed by atoms with Crippen molar-refractivity contribution in [1.82, 2.24) is 0 Å². The molecular weight excluding hydrogens is 1210 g/mol. The molecule has 79 heavy (non-hydrogen) atoms. The molecule has 0 aromatic heterocycles. The van der Waals surface area contributed by atoms with Crippen LogP contribution >= 0.6 is 31.7 Å². The van der Waals surface area contributed by atoms with Gasteiger partial charge in [0.1, 0.15) is 0 Å². The SMILES string of the molecule is [Br-].[Br-].[Ni+2].c1ccc(P(c2ccccc2)c2ccccc2)cc1.c1ccc(P(c2ccccc2)c2ccccc2)cc1.c1ccc(P(c2ccccc2)c2ccccc2)cc1.c1ccc(P(c2ccccc2)c2ccccc2)cc1. The third-order valence-corrected chi connectivity index (χ3v) is 21.9. The summed E-state index contributed by atoms with van der Waals surface area (Å²) in [5.74, 6) is 0. The summed E-state index contributed by atoms with van der Waals surface area (Å²) in [4.78, 5) is 0. The summed E-state index contributed by atoms with van der Waals surface area (Å²) in [5.41, 5.74) is 0. The first-order chi connectivity index (χ1) is 37.8. The maximum absolute atomic E-state index is 2.23. The van der Waals surface area contributed by atoms with Gasteiger partial charge in [-0.1, -0.05) is 364 Å². The summed E-state index contributed by atoms with van der Waals surface area (Å²) in [6.45, 7) is 0. The number of benzene rings is 12. The molecule has 392 valence electrons. The summed E-state index contributed by atoms with van der Waals surface area (Å²) in [6.07, 6.45) is 0. The van der Waals surface area contributed by atoms with Crippen molar-refractivity contribution in [1.29, 1.82) is 0 Å². The Hall–Kier alpha value is -6.19. The zero-order valence-electron chi connectivity index (χ0n) is 43.5. The third-order valence-electron chi connectivity index (χ3n) is 12.2. The van der Waals surface area contributed by atoms with Crippen LogP contribution < -0.4 is 97.6 Å². The predicted octanol–water partition coefficient (Wildman–Crippen LogP) is 7.78. The first-order valence-corrected chi connectivity index (χ1v) is 31.0. The van der Waals surface area contributed by atoms with Crippen LogP contribution in [-0.2, 0) is 16.5 Å². The summed E-state index contributed by atoms with van der Waals surface area (Å²) in [5, 5.41) is 16.8. The zero-order chi connectivity index (χ0) is 51.7. The van der Waals surface area contributed by atoms with Crippen LogP contribution in [0, 0.1) is 0 Å². The van der Waals surface area contributed by atoms with Crippen LogP contribution in [0.1, 0.15) is 0 Å². The van der Waals surface area contributed by atoms with Crippen molar-refractivity contribution in [3.8, 4) is 0 Å². The fraction of sp³-hybridized carbons (Fsp3) is 0. The summed E-state index contributed by atoms with van der Waals surface area (Å²) < 4.78 is 0. The molecule has 0 aliphatic rings. The van der Waals surface area contributed by atoms with E-state index in [1.165, 1.54) is 63.7 Å². The molecule has 7 heteroatoms. The van der Waals surface area contributed by atoms with Gasteiger partial charge in [0.05, 0.1) is 0 Å². The Morgan fingerprint density at radius 3 is 0.241 bits per heavy atom. The molecule has 0 nitrogen and oxygen atoms in total. The third kappa shape index (κ3) is 18.4.